The first-order valence-electron chi connectivity index (χ1n) is 4.50. The van der Waals surface area contributed by atoms with Crippen molar-refractivity contribution >= 4 is 27.5 Å². The smallest absolute Gasteiger partial charge is 0.215 e. The SMILES string of the molecule is O=Cc1ccc(S(=O)(=O)c2ccccc2)s1. The number of rotatable bonds is 3. The first kappa shape index (κ1) is 11.0. The highest BCUT2D eigenvalue weighted by molar-refractivity contribution is 7.93. The van der Waals surface area contributed by atoms with E-state index in [4.69, 9.17) is 0 Å². The van der Waals surface area contributed by atoms with Gasteiger partial charge in [0.2, 0.25) is 9.84 Å². The summed E-state index contributed by atoms with van der Waals surface area (Å²) in [5, 5.41) is 0. The summed E-state index contributed by atoms with van der Waals surface area (Å²) in [5.74, 6) is 0. The molecule has 0 saturated heterocycles. The minimum Gasteiger partial charge on any atom is -0.297 e. The summed E-state index contributed by atoms with van der Waals surface area (Å²) in [6.45, 7) is 0. The van der Waals surface area contributed by atoms with E-state index >= 15 is 0 Å². The number of benzene rings is 1. The highest BCUT2D eigenvalue weighted by Crippen LogP contribution is 2.26. The van der Waals surface area contributed by atoms with Crippen LogP contribution in [-0.2, 0) is 9.84 Å². The van der Waals surface area contributed by atoms with Crippen molar-refractivity contribution in [2.45, 2.75) is 9.10 Å². The van der Waals surface area contributed by atoms with E-state index in [1.807, 2.05) is 0 Å². The number of thiophene rings is 1. The fourth-order valence-corrected chi connectivity index (χ4v) is 3.82. The van der Waals surface area contributed by atoms with E-state index in [0.29, 0.717) is 11.2 Å². The molecular weight excluding hydrogens is 244 g/mol. The maximum atomic E-state index is 12.1. The van der Waals surface area contributed by atoms with Gasteiger partial charge in [-0.3, -0.25) is 4.79 Å². The first-order valence-corrected chi connectivity index (χ1v) is 6.80. The summed E-state index contributed by atoms with van der Waals surface area (Å²) in [6, 6.07) is 11.1. The van der Waals surface area contributed by atoms with Crippen molar-refractivity contribution in [3.05, 3.63) is 47.3 Å². The molecular formula is C11H8O3S2. The summed E-state index contributed by atoms with van der Waals surface area (Å²) < 4.78 is 24.3. The molecule has 0 radical (unpaired) electrons. The number of hydrogen-bond acceptors (Lipinski definition) is 4. The molecule has 82 valence electrons. The van der Waals surface area contributed by atoms with Gasteiger partial charge in [-0.25, -0.2) is 8.42 Å². The summed E-state index contributed by atoms with van der Waals surface area (Å²) in [7, 11) is -3.47. The molecule has 1 aromatic carbocycles. The Balaban J connectivity index is 2.51. The third kappa shape index (κ3) is 1.91. The molecule has 1 aromatic heterocycles. The molecule has 0 N–H and O–H groups in total. The van der Waals surface area contributed by atoms with E-state index < -0.39 is 9.84 Å². The Kier molecular flexibility index (Phi) is 2.89. The fraction of sp³-hybridized carbons (Fsp3) is 0. The largest absolute Gasteiger partial charge is 0.297 e. The predicted molar refractivity (Wildman–Crippen MR) is 61.6 cm³/mol. The maximum Gasteiger partial charge on any atom is 0.215 e. The molecule has 0 amide bonds. The van der Waals surface area contributed by atoms with Crippen molar-refractivity contribution in [3.8, 4) is 0 Å². The number of aldehydes is 1. The van der Waals surface area contributed by atoms with Crippen LogP contribution in [0.3, 0.4) is 0 Å². The summed E-state index contributed by atoms with van der Waals surface area (Å²) in [6.07, 6.45) is 0.648. The zero-order valence-electron chi connectivity index (χ0n) is 8.16. The Morgan fingerprint density at radius 3 is 2.25 bits per heavy atom. The van der Waals surface area contributed by atoms with Crippen LogP contribution in [0.25, 0.3) is 0 Å². The van der Waals surface area contributed by atoms with Crippen LogP contribution in [0.1, 0.15) is 9.67 Å². The van der Waals surface area contributed by atoms with Crippen LogP contribution in [0.4, 0.5) is 0 Å². The van der Waals surface area contributed by atoms with E-state index in [1.165, 1.54) is 24.3 Å². The van der Waals surface area contributed by atoms with E-state index in [1.54, 1.807) is 18.2 Å². The molecule has 0 fully saturated rings. The molecule has 0 aliphatic heterocycles. The van der Waals surface area contributed by atoms with Gasteiger partial charge in [0.05, 0.1) is 9.77 Å². The Bertz CT molecular complexity index is 597. The molecule has 1 heterocycles. The van der Waals surface area contributed by atoms with E-state index in [0.717, 1.165) is 11.3 Å². The molecule has 5 heteroatoms. The van der Waals surface area contributed by atoms with Crippen molar-refractivity contribution in [3.63, 3.8) is 0 Å². The predicted octanol–water partition coefficient (Wildman–Crippen LogP) is 2.39. The number of hydrogen-bond donors (Lipinski definition) is 0. The highest BCUT2D eigenvalue weighted by atomic mass is 32.2. The minimum atomic E-state index is -3.47. The number of sulfone groups is 1. The molecule has 0 unspecified atom stereocenters. The Labute approximate surface area is 97.3 Å². The normalized spacial score (nSPS) is 11.2. The van der Waals surface area contributed by atoms with Gasteiger partial charge in [0, 0.05) is 0 Å². The molecule has 0 atom stereocenters. The van der Waals surface area contributed by atoms with Crippen LogP contribution < -0.4 is 0 Å². The lowest BCUT2D eigenvalue weighted by atomic mass is 10.4. The van der Waals surface area contributed by atoms with E-state index in [2.05, 4.69) is 0 Å². The fourth-order valence-electron chi connectivity index (χ4n) is 1.26. The molecule has 0 saturated carbocycles. The molecule has 2 rings (SSSR count). The van der Waals surface area contributed by atoms with Crippen LogP contribution in [-0.4, -0.2) is 14.7 Å². The van der Waals surface area contributed by atoms with Crippen molar-refractivity contribution in [1.82, 2.24) is 0 Å². The third-order valence-corrected chi connectivity index (χ3v) is 5.31. The molecule has 0 bridgehead atoms. The quantitative estimate of drug-likeness (QED) is 0.788. The monoisotopic (exact) mass is 252 g/mol. The molecule has 0 spiro atoms. The zero-order chi connectivity index (χ0) is 11.6. The van der Waals surface area contributed by atoms with Gasteiger partial charge in [0.1, 0.15) is 4.21 Å². The van der Waals surface area contributed by atoms with Crippen molar-refractivity contribution in [2.24, 2.45) is 0 Å². The highest BCUT2D eigenvalue weighted by Gasteiger charge is 2.19. The minimum absolute atomic E-state index is 0.195. The second-order valence-corrected chi connectivity index (χ2v) is 6.38. The lowest BCUT2D eigenvalue weighted by molar-refractivity contribution is 0.112. The second-order valence-electron chi connectivity index (χ2n) is 3.09. The van der Waals surface area contributed by atoms with Crippen molar-refractivity contribution < 1.29 is 13.2 Å². The van der Waals surface area contributed by atoms with Gasteiger partial charge in [-0.2, -0.15) is 0 Å². The lowest BCUT2D eigenvalue weighted by Crippen LogP contribution is -1.98. The van der Waals surface area contributed by atoms with Crippen LogP contribution in [0, 0.1) is 0 Å². The van der Waals surface area contributed by atoms with Gasteiger partial charge in [-0.1, -0.05) is 18.2 Å². The van der Waals surface area contributed by atoms with Crippen LogP contribution in [0.2, 0.25) is 0 Å². The van der Waals surface area contributed by atoms with Gasteiger partial charge in [0.15, 0.2) is 6.29 Å². The van der Waals surface area contributed by atoms with Crippen LogP contribution in [0.5, 0.6) is 0 Å². The Morgan fingerprint density at radius 2 is 1.69 bits per heavy atom. The van der Waals surface area contributed by atoms with Crippen molar-refractivity contribution in [2.75, 3.05) is 0 Å². The summed E-state index contributed by atoms with van der Waals surface area (Å²) in [4.78, 5) is 11.2. The summed E-state index contributed by atoms with van der Waals surface area (Å²) in [5.41, 5.74) is 0. The topological polar surface area (TPSA) is 51.2 Å². The zero-order valence-corrected chi connectivity index (χ0v) is 9.79. The Morgan fingerprint density at radius 1 is 1.00 bits per heavy atom. The average Bonchev–Trinajstić information content (AvgIpc) is 2.79. The van der Waals surface area contributed by atoms with E-state index in [-0.39, 0.29) is 9.10 Å². The van der Waals surface area contributed by atoms with Crippen molar-refractivity contribution in [1.29, 1.82) is 0 Å². The van der Waals surface area contributed by atoms with Gasteiger partial charge in [0.25, 0.3) is 0 Å². The average molecular weight is 252 g/mol. The molecule has 0 aliphatic rings. The van der Waals surface area contributed by atoms with Crippen LogP contribution >= 0.6 is 11.3 Å². The van der Waals surface area contributed by atoms with E-state index in [9.17, 15) is 13.2 Å². The third-order valence-electron chi connectivity index (χ3n) is 2.04. The first-order chi connectivity index (χ1) is 7.64. The standard InChI is InChI=1S/C11H8O3S2/c12-8-9-6-7-11(15-9)16(13,14)10-4-2-1-3-5-10/h1-8H. The van der Waals surface area contributed by atoms with Crippen LogP contribution in [0.15, 0.2) is 51.6 Å². The van der Waals surface area contributed by atoms with Gasteiger partial charge in [-0.05, 0) is 24.3 Å². The Hall–Kier alpha value is -1.46. The number of carbonyl (C=O) groups is 1. The maximum absolute atomic E-state index is 12.1. The lowest BCUT2D eigenvalue weighted by Gasteiger charge is -1.99. The molecule has 16 heavy (non-hydrogen) atoms. The molecule has 3 nitrogen and oxygen atoms in total. The number of carbonyl (C=O) groups excluding carboxylic acids is 1. The molecule has 2 aromatic rings. The second kappa shape index (κ2) is 4.19. The molecule has 0 aliphatic carbocycles. The van der Waals surface area contributed by atoms with Gasteiger partial charge >= 0.3 is 0 Å². The summed E-state index contributed by atoms with van der Waals surface area (Å²) >= 11 is 0.979. The van der Waals surface area contributed by atoms with Gasteiger partial charge < -0.3 is 0 Å². The van der Waals surface area contributed by atoms with Gasteiger partial charge in [-0.15, -0.1) is 11.3 Å².